The van der Waals surface area contributed by atoms with Crippen LogP contribution in [-0.4, -0.2) is 62.6 Å². The number of nitrogens with zero attached hydrogens (tertiary/aromatic N) is 2. The van der Waals surface area contributed by atoms with E-state index in [0.717, 1.165) is 37.6 Å². The molecule has 0 spiro atoms. The van der Waals surface area contributed by atoms with Gasteiger partial charge in [-0.25, -0.2) is 8.42 Å². The van der Waals surface area contributed by atoms with Crippen molar-refractivity contribution in [1.29, 1.82) is 10.8 Å². The molecule has 0 bridgehead atoms. The first-order valence-electron chi connectivity index (χ1n) is 12.3. The number of nitrogens with two attached hydrogens (primary N) is 1. The van der Waals surface area contributed by atoms with Crippen LogP contribution in [-0.2, 0) is 26.8 Å². The highest BCUT2D eigenvalue weighted by Gasteiger charge is 2.31. The number of anilines is 1. The summed E-state index contributed by atoms with van der Waals surface area (Å²) in [6.45, 7) is 2.84. The van der Waals surface area contributed by atoms with Crippen molar-refractivity contribution in [1.82, 2.24) is 8.61 Å². The van der Waals surface area contributed by atoms with E-state index in [-0.39, 0.29) is 17.6 Å². The first-order valence-corrected chi connectivity index (χ1v) is 15.6. The van der Waals surface area contributed by atoms with Crippen molar-refractivity contribution < 1.29 is 21.6 Å². The monoisotopic (exact) mass is 572 g/mol. The van der Waals surface area contributed by atoms with Crippen LogP contribution in [0.5, 0.6) is 5.75 Å². The van der Waals surface area contributed by atoms with Gasteiger partial charge in [-0.05, 0) is 59.7 Å². The van der Waals surface area contributed by atoms with E-state index < -0.39 is 26.8 Å². The van der Waals surface area contributed by atoms with E-state index in [1.54, 1.807) is 55.5 Å². The molecule has 1 fully saturated rings. The summed E-state index contributed by atoms with van der Waals surface area (Å²) in [6.07, 6.45) is 2.39. The number of fused-ring (bicyclic) bond motifs is 1. The number of amidine groups is 2. The summed E-state index contributed by atoms with van der Waals surface area (Å²) >= 11 is 0. The standard InChI is InChI=1S/C26H32N6O5S2/c1-18(27)31-13-11-25(12-14-31)37-24-9-7-23(8-10-24)30-39(35,36)32(38(2,33)34)17-19-3-4-20-5-6-21(26(28)29)16-22(20)15-19/h3-10,15-16,25,27,30H,11-14,17H2,1-2H3,(H3,28,29). The number of likely N-dealkylation sites (tertiary alicyclic amines) is 1. The van der Waals surface area contributed by atoms with E-state index in [0.29, 0.717) is 31.8 Å². The Bertz CT molecular complexity index is 1600. The molecule has 39 heavy (non-hydrogen) atoms. The molecule has 0 unspecified atom stereocenters. The number of rotatable bonds is 9. The first kappa shape index (κ1) is 28.3. The predicted molar refractivity (Wildman–Crippen MR) is 153 cm³/mol. The molecule has 0 atom stereocenters. The summed E-state index contributed by atoms with van der Waals surface area (Å²) in [5.41, 5.74) is 6.72. The van der Waals surface area contributed by atoms with Crippen LogP contribution in [0.4, 0.5) is 5.69 Å². The van der Waals surface area contributed by atoms with Crippen LogP contribution in [0, 0.1) is 10.8 Å². The van der Waals surface area contributed by atoms with Crippen molar-refractivity contribution >= 4 is 48.4 Å². The Morgan fingerprint density at radius 2 is 1.64 bits per heavy atom. The van der Waals surface area contributed by atoms with Crippen LogP contribution < -0.4 is 15.2 Å². The molecule has 1 saturated heterocycles. The van der Waals surface area contributed by atoms with E-state index in [9.17, 15) is 16.8 Å². The van der Waals surface area contributed by atoms with E-state index in [1.165, 1.54) is 12.1 Å². The van der Waals surface area contributed by atoms with Crippen molar-refractivity contribution in [3.8, 4) is 5.75 Å². The minimum Gasteiger partial charge on any atom is -0.490 e. The number of sulfonamides is 1. The van der Waals surface area contributed by atoms with Gasteiger partial charge in [-0.15, -0.1) is 0 Å². The topological polar surface area (TPSA) is 170 Å². The molecule has 0 radical (unpaired) electrons. The molecule has 0 amide bonds. The van der Waals surface area contributed by atoms with E-state index >= 15 is 0 Å². The van der Waals surface area contributed by atoms with Gasteiger partial charge >= 0.3 is 10.2 Å². The highest BCUT2D eigenvalue weighted by molar-refractivity contribution is 8.04. The van der Waals surface area contributed by atoms with Gasteiger partial charge in [0.05, 0.1) is 24.3 Å². The maximum Gasteiger partial charge on any atom is 0.315 e. The fourth-order valence-corrected chi connectivity index (χ4v) is 7.17. The molecular formula is C26H32N6O5S2. The van der Waals surface area contributed by atoms with Crippen LogP contribution in [0.3, 0.4) is 0 Å². The summed E-state index contributed by atoms with van der Waals surface area (Å²) in [4.78, 5) is 1.99. The molecule has 1 aliphatic heterocycles. The van der Waals surface area contributed by atoms with Crippen molar-refractivity contribution in [2.75, 3.05) is 24.1 Å². The molecule has 5 N–H and O–H groups in total. The molecule has 4 rings (SSSR count). The molecule has 1 aliphatic rings. The van der Waals surface area contributed by atoms with Gasteiger partial charge in [-0.2, -0.15) is 8.42 Å². The molecule has 0 aromatic heterocycles. The molecule has 3 aromatic carbocycles. The summed E-state index contributed by atoms with van der Waals surface area (Å²) in [6, 6.07) is 16.6. The summed E-state index contributed by atoms with van der Waals surface area (Å²) in [7, 11) is -8.65. The van der Waals surface area contributed by atoms with Crippen molar-refractivity contribution in [2.24, 2.45) is 5.73 Å². The summed E-state index contributed by atoms with van der Waals surface area (Å²) < 4.78 is 60.2. The number of nitrogens with one attached hydrogen (secondary N) is 3. The normalized spacial score (nSPS) is 14.9. The third-order valence-corrected chi connectivity index (χ3v) is 9.91. The zero-order valence-corrected chi connectivity index (χ0v) is 23.3. The minimum absolute atomic E-state index is 0.00246. The van der Waals surface area contributed by atoms with Crippen molar-refractivity contribution in [3.63, 3.8) is 0 Å². The fourth-order valence-electron chi connectivity index (χ4n) is 4.39. The molecule has 3 aromatic rings. The second-order valence-electron chi connectivity index (χ2n) is 9.52. The number of piperidine rings is 1. The molecule has 13 heteroatoms. The minimum atomic E-state index is -4.49. The molecule has 1 heterocycles. The lowest BCUT2D eigenvalue weighted by Gasteiger charge is -2.32. The molecule has 11 nitrogen and oxygen atoms in total. The molecule has 0 saturated carbocycles. The number of benzene rings is 3. The highest BCUT2D eigenvalue weighted by Crippen LogP contribution is 2.24. The highest BCUT2D eigenvalue weighted by atomic mass is 32.3. The van der Waals surface area contributed by atoms with Gasteiger partial charge in [0.1, 0.15) is 17.7 Å². The van der Waals surface area contributed by atoms with Gasteiger partial charge < -0.3 is 15.4 Å². The van der Waals surface area contributed by atoms with Crippen LogP contribution in [0.1, 0.15) is 30.9 Å². The number of nitrogen functional groups attached to an aromatic ring is 1. The van der Waals surface area contributed by atoms with Gasteiger partial charge in [-0.1, -0.05) is 28.0 Å². The Kier molecular flexibility index (Phi) is 8.14. The second-order valence-corrected chi connectivity index (χ2v) is 13.3. The smallest absolute Gasteiger partial charge is 0.315 e. The van der Waals surface area contributed by atoms with Crippen LogP contribution in [0.15, 0.2) is 60.7 Å². The lowest BCUT2D eigenvalue weighted by Crippen LogP contribution is -2.40. The quantitative estimate of drug-likeness (QED) is 0.225. The number of hydrogen-bond donors (Lipinski definition) is 4. The van der Waals surface area contributed by atoms with Gasteiger partial charge in [-0.3, -0.25) is 15.5 Å². The average Bonchev–Trinajstić information content (AvgIpc) is 2.87. The predicted octanol–water partition coefficient (Wildman–Crippen LogP) is 3.08. The molecule has 208 valence electrons. The van der Waals surface area contributed by atoms with Crippen LogP contribution in [0.25, 0.3) is 10.8 Å². The summed E-state index contributed by atoms with van der Waals surface area (Å²) in [5, 5.41) is 16.9. The number of ether oxygens (including phenoxy) is 1. The Labute approximate surface area is 228 Å². The average molecular weight is 573 g/mol. The van der Waals surface area contributed by atoms with Gasteiger partial charge in [0, 0.05) is 31.5 Å². The Balaban J connectivity index is 1.47. The Morgan fingerprint density at radius 1 is 1.00 bits per heavy atom. The van der Waals surface area contributed by atoms with Crippen molar-refractivity contribution in [3.05, 3.63) is 71.8 Å². The lowest BCUT2D eigenvalue weighted by molar-refractivity contribution is 0.130. The zero-order valence-electron chi connectivity index (χ0n) is 21.7. The molecular weight excluding hydrogens is 540 g/mol. The zero-order chi connectivity index (χ0) is 28.4. The Hall–Kier alpha value is -3.68. The second kappa shape index (κ2) is 11.2. The Morgan fingerprint density at radius 3 is 2.23 bits per heavy atom. The van der Waals surface area contributed by atoms with E-state index in [4.69, 9.17) is 21.3 Å². The lowest BCUT2D eigenvalue weighted by atomic mass is 10.0. The van der Waals surface area contributed by atoms with Crippen molar-refractivity contribution in [2.45, 2.75) is 32.4 Å². The van der Waals surface area contributed by atoms with Crippen LogP contribution in [0.2, 0.25) is 0 Å². The number of hydrogen-bond acceptors (Lipinski definition) is 7. The third-order valence-electron chi connectivity index (χ3n) is 6.49. The first-order chi connectivity index (χ1) is 18.3. The SMILES string of the molecule is CC(=N)N1CCC(Oc2ccc(NS(=O)(=O)N(Cc3ccc4ccc(C(=N)N)cc4c3)S(C)(=O)=O)cc2)CC1. The summed E-state index contributed by atoms with van der Waals surface area (Å²) in [5.74, 6) is 1.01. The maximum absolute atomic E-state index is 13.2. The molecule has 0 aliphatic carbocycles. The van der Waals surface area contributed by atoms with Gasteiger partial charge in [0.2, 0.25) is 10.0 Å². The van der Waals surface area contributed by atoms with E-state index in [2.05, 4.69) is 4.72 Å². The fraction of sp³-hybridized carbons (Fsp3) is 0.308. The van der Waals surface area contributed by atoms with Crippen LogP contribution >= 0.6 is 0 Å². The van der Waals surface area contributed by atoms with Gasteiger partial charge in [0.25, 0.3) is 0 Å². The van der Waals surface area contributed by atoms with Gasteiger partial charge in [0.15, 0.2) is 0 Å². The largest absolute Gasteiger partial charge is 0.490 e. The van der Waals surface area contributed by atoms with E-state index in [1.807, 2.05) is 4.90 Å². The third kappa shape index (κ3) is 7.05. The maximum atomic E-state index is 13.2.